The molecule has 2 aliphatic heterocycles. The van der Waals surface area contributed by atoms with Gasteiger partial charge in [-0.1, -0.05) is 92.8 Å². The third-order valence-electron chi connectivity index (χ3n) is 3.47. The molecule has 13 heteroatoms. The van der Waals surface area contributed by atoms with E-state index < -0.39 is 31.3 Å². The molecule has 0 amide bonds. The Hall–Kier alpha value is 2.12. The number of rotatable bonds is 12. The van der Waals surface area contributed by atoms with Crippen molar-refractivity contribution in [2.45, 2.75) is 69.2 Å². The molecule has 0 aromatic heterocycles. The van der Waals surface area contributed by atoms with Gasteiger partial charge >= 0.3 is 0 Å². The molecule has 2 fully saturated rings. The summed E-state index contributed by atoms with van der Waals surface area (Å²) in [4.78, 5) is 0. The van der Waals surface area contributed by atoms with Gasteiger partial charge in [0.2, 0.25) is 0 Å². The summed E-state index contributed by atoms with van der Waals surface area (Å²) >= 11 is 46.7. The molecule has 0 aliphatic carbocycles. The number of hydrogen-bond donors (Lipinski definition) is 0. The van der Waals surface area contributed by atoms with Gasteiger partial charge in [-0.15, -0.1) is 0 Å². The third kappa shape index (κ3) is 11.9. The molecular formula is C14H18Cl8O5. The van der Waals surface area contributed by atoms with Crippen LogP contribution >= 0.6 is 92.8 Å². The summed E-state index contributed by atoms with van der Waals surface area (Å²) in [7, 11) is 0. The van der Waals surface area contributed by atoms with Crippen LogP contribution in [0.1, 0.15) is 25.7 Å². The maximum atomic E-state index is 6.16. The molecule has 0 saturated carbocycles. The molecule has 0 aromatic rings. The van der Waals surface area contributed by atoms with Crippen molar-refractivity contribution in [3.8, 4) is 0 Å². The van der Waals surface area contributed by atoms with E-state index in [0.717, 1.165) is 0 Å². The summed E-state index contributed by atoms with van der Waals surface area (Å²) in [5.41, 5.74) is -1.49. The number of epoxide rings is 2. The Labute approximate surface area is 197 Å². The summed E-state index contributed by atoms with van der Waals surface area (Å²) < 4.78 is 24.9. The Kier molecular flexibility index (Phi) is 10.5. The van der Waals surface area contributed by atoms with Crippen LogP contribution in [-0.4, -0.2) is 56.7 Å². The third-order valence-corrected chi connectivity index (χ3v) is 5.24. The lowest BCUT2D eigenvalue weighted by atomic mass is 10.3. The molecule has 0 bridgehead atoms. The largest absolute Gasteiger partial charge is 0.368 e. The lowest BCUT2D eigenvalue weighted by Gasteiger charge is -2.27. The zero-order valence-electron chi connectivity index (χ0n) is 13.8. The normalized spacial score (nSPS) is 27.1. The quantitative estimate of drug-likeness (QED) is 0.172. The molecule has 2 rings (SSSR count). The summed E-state index contributed by atoms with van der Waals surface area (Å²) in [6.07, 6.45) is -1.08. The van der Waals surface area contributed by atoms with Gasteiger partial charge in [0.05, 0.1) is 13.2 Å². The first kappa shape index (κ1) is 25.4. The molecule has 27 heavy (non-hydrogen) atoms. The van der Waals surface area contributed by atoms with Crippen LogP contribution in [0.15, 0.2) is 0 Å². The molecule has 0 radical (unpaired) electrons. The molecule has 2 saturated heterocycles. The van der Waals surface area contributed by atoms with Gasteiger partial charge in [-0.25, -0.2) is 0 Å². The zero-order valence-corrected chi connectivity index (χ0v) is 19.8. The van der Waals surface area contributed by atoms with E-state index in [1.165, 1.54) is 0 Å². The van der Waals surface area contributed by atoms with Crippen molar-refractivity contribution in [2.75, 3.05) is 13.2 Å². The van der Waals surface area contributed by atoms with Gasteiger partial charge in [0.1, 0.15) is 23.3 Å². The summed E-state index contributed by atoms with van der Waals surface area (Å²) in [5.74, 6) is 0. The number of halogens is 8. The molecule has 6 atom stereocenters. The standard InChI is InChI=1S/C14H18Cl8O5/c15-9(1-3-13(17,18)19)25-11(7-5-23-7)27-12(8-6-24-8)26-10(16)2-4-14(20,21)22/h7-12H,1-6H2. The van der Waals surface area contributed by atoms with Crippen LogP contribution in [0.5, 0.6) is 0 Å². The second-order valence-corrected chi connectivity index (χ2v) is 12.0. The fraction of sp³-hybridized carbons (Fsp3) is 1.00. The second kappa shape index (κ2) is 11.1. The van der Waals surface area contributed by atoms with E-state index in [-0.39, 0.29) is 25.0 Å². The lowest BCUT2D eigenvalue weighted by molar-refractivity contribution is -0.265. The van der Waals surface area contributed by atoms with Crippen molar-refractivity contribution < 1.29 is 23.7 Å². The van der Waals surface area contributed by atoms with Crippen LogP contribution in [0.4, 0.5) is 0 Å². The Morgan fingerprint density at radius 3 is 1.30 bits per heavy atom. The zero-order chi connectivity index (χ0) is 20.2. The lowest BCUT2D eigenvalue weighted by Crippen LogP contribution is -2.37. The molecule has 0 N–H and O–H groups in total. The van der Waals surface area contributed by atoms with E-state index in [2.05, 4.69) is 0 Å². The summed E-state index contributed by atoms with van der Waals surface area (Å²) in [6.45, 7) is 0.934. The minimum Gasteiger partial charge on any atom is -0.368 e. The SMILES string of the molecule is ClC(CCC(Cl)(Cl)Cl)OC(OC(OC(Cl)CCC(Cl)(Cl)Cl)C1CO1)C1CO1. The van der Waals surface area contributed by atoms with Crippen LogP contribution in [0.2, 0.25) is 0 Å². The first-order valence-corrected chi connectivity index (χ1v) is 11.2. The van der Waals surface area contributed by atoms with Gasteiger partial charge < -0.3 is 23.7 Å². The van der Waals surface area contributed by atoms with Crippen LogP contribution in [0.3, 0.4) is 0 Å². The van der Waals surface area contributed by atoms with Crippen LogP contribution in [0, 0.1) is 0 Å². The monoisotopic (exact) mass is 546 g/mol. The summed E-state index contributed by atoms with van der Waals surface area (Å²) in [5, 5.41) is 0. The van der Waals surface area contributed by atoms with Gasteiger partial charge in [-0.3, -0.25) is 0 Å². The highest BCUT2D eigenvalue weighted by molar-refractivity contribution is 6.68. The maximum Gasteiger partial charge on any atom is 0.191 e. The Morgan fingerprint density at radius 1 is 0.704 bits per heavy atom. The van der Waals surface area contributed by atoms with E-state index in [1.807, 2.05) is 0 Å². The van der Waals surface area contributed by atoms with Crippen LogP contribution < -0.4 is 0 Å². The molecule has 0 spiro atoms. The minimum absolute atomic E-state index is 0.219. The topological polar surface area (TPSA) is 52.8 Å². The predicted molar refractivity (Wildman–Crippen MR) is 109 cm³/mol. The first-order chi connectivity index (χ1) is 12.4. The number of alkyl halides is 8. The van der Waals surface area contributed by atoms with Crippen molar-refractivity contribution in [1.29, 1.82) is 0 Å². The first-order valence-electron chi connectivity index (χ1n) is 8.04. The van der Waals surface area contributed by atoms with E-state index in [4.69, 9.17) is 116 Å². The van der Waals surface area contributed by atoms with Crippen molar-refractivity contribution in [2.24, 2.45) is 0 Å². The smallest absolute Gasteiger partial charge is 0.191 e. The minimum atomic E-state index is -1.41. The Bertz CT molecular complexity index is 412. The highest BCUT2D eigenvalue weighted by Gasteiger charge is 2.43. The van der Waals surface area contributed by atoms with Crippen molar-refractivity contribution in [1.82, 2.24) is 0 Å². The fourth-order valence-corrected chi connectivity index (χ4v) is 3.03. The maximum absolute atomic E-state index is 6.16. The highest BCUT2D eigenvalue weighted by Crippen LogP contribution is 2.35. The van der Waals surface area contributed by atoms with E-state index in [0.29, 0.717) is 26.1 Å². The van der Waals surface area contributed by atoms with Crippen LogP contribution in [0.25, 0.3) is 0 Å². The van der Waals surface area contributed by atoms with Crippen LogP contribution in [-0.2, 0) is 23.7 Å². The second-order valence-electron chi connectivity index (χ2n) is 6.02. The average Bonchev–Trinajstić information content (AvgIpc) is 3.40. The van der Waals surface area contributed by atoms with E-state index >= 15 is 0 Å². The molecule has 0 aromatic carbocycles. The molecule has 5 nitrogen and oxygen atoms in total. The number of hydrogen-bond acceptors (Lipinski definition) is 5. The van der Waals surface area contributed by atoms with Gasteiger partial charge in [0, 0.05) is 0 Å². The molecule has 2 aliphatic rings. The van der Waals surface area contributed by atoms with Gasteiger partial charge in [-0.2, -0.15) is 0 Å². The van der Waals surface area contributed by atoms with Gasteiger partial charge in [-0.05, 0) is 25.7 Å². The fourth-order valence-electron chi connectivity index (χ4n) is 1.95. The van der Waals surface area contributed by atoms with Crippen molar-refractivity contribution in [3.63, 3.8) is 0 Å². The molecule has 160 valence electrons. The highest BCUT2D eigenvalue weighted by atomic mass is 35.6. The van der Waals surface area contributed by atoms with E-state index in [9.17, 15) is 0 Å². The van der Waals surface area contributed by atoms with Crippen molar-refractivity contribution in [3.05, 3.63) is 0 Å². The molecule has 2 heterocycles. The van der Waals surface area contributed by atoms with Gasteiger partial charge in [0.25, 0.3) is 0 Å². The average molecular weight is 550 g/mol. The summed E-state index contributed by atoms with van der Waals surface area (Å²) in [6, 6.07) is 0. The van der Waals surface area contributed by atoms with Gasteiger partial charge in [0.15, 0.2) is 20.2 Å². The van der Waals surface area contributed by atoms with Crippen molar-refractivity contribution >= 4 is 92.8 Å². The molecular weight excluding hydrogens is 532 g/mol. The Morgan fingerprint density at radius 2 is 1.04 bits per heavy atom. The number of ether oxygens (including phenoxy) is 5. The van der Waals surface area contributed by atoms with E-state index in [1.54, 1.807) is 0 Å². The molecule has 6 unspecified atom stereocenters. The Balaban J connectivity index is 1.82. The predicted octanol–water partition coefficient (Wildman–Crippen LogP) is 5.92.